The van der Waals surface area contributed by atoms with E-state index in [1.165, 1.54) is 23.1 Å². The number of hydrogen-bond acceptors (Lipinski definition) is 5. The molecule has 2 fully saturated rings. The number of sulfone groups is 1. The first kappa shape index (κ1) is 28.1. The van der Waals surface area contributed by atoms with Crippen molar-refractivity contribution in [3.8, 4) is 0 Å². The van der Waals surface area contributed by atoms with Crippen LogP contribution in [0.2, 0.25) is 0 Å². The van der Waals surface area contributed by atoms with Gasteiger partial charge in [-0.05, 0) is 68.5 Å². The fourth-order valence-corrected chi connectivity index (χ4v) is 5.84. The standard InChI is InChI=1S/C28H29F4N3O4S/c1-14(2)33-22-9-7-18(40(3,38)39)13-20(22)27(37)35-23-10-16(23)11-24(35)26(36)34-25(15-4-5-15)19-8-6-17(12-21(19)29)28(30,31)32/h6-10,12-15,23-25,33H,4-5,11H2,1-3H3,(H,34,36)/t23-,24-,25-/m1/s1. The van der Waals surface area contributed by atoms with Gasteiger partial charge in [0.05, 0.1) is 28.1 Å². The number of benzene rings is 2. The molecule has 2 amide bonds. The van der Waals surface area contributed by atoms with Crippen LogP contribution in [0.15, 0.2) is 52.9 Å². The molecule has 2 aliphatic carbocycles. The lowest BCUT2D eigenvalue weighted by Gasteiger charge is -2.29. The zero-order valence-corrected chi connectivity index (χ0v) is 22.9. The van der Waals surface area contributed by atoms with Gasteiger partial charge in [-0.2, -0.15) is 13.2 Å². The number of nitrogens with one attached hydrogen (secondary N) is 2. The van der Waals surface area contributed by atoms with Crippen molar-refractivity contribution in [3.05, 3.63) is 70.6 Å². The second kappa shape index (κ2) is 9.90. The van der Waals surface area contributed by atoms with Gasteiger partial charge >= 0.3 is 6.18 Å². The minimum absolute atomic E-state index is 0.0339. The number of rotatable bonds is 8. The van der Waals surface area contributed by atoms with Crippen molar-refractivity contribution in [2.24, 2.45) is 5.92 Å². The average Bonchev–Trinajstić information content (AvgIpc) is 3.79. The molecule has 214 valence electrons. The Kier molecular flexibility index (Phi) is 6.96. The van der Waals surface area contributed by atoms with E-state index in [4.69, 9.17) is 0 Å². The van der Waals surface area contributed by atoms with Crippen molar-refractivity contribution in [2.45, 2.75) is 68.3 Å². The van der Waals surface area contributed by atoms with E-state index in [1.54, 1.807) is 0 Å². The largest absolute Gasteiger partial charge is 0.416 e. The maximum atomic E-state index is 14.8. The molecule has 40 heavy (non-hydrogen) atoms. The van der Waals surface area contributed by atoms with Gasteiger partial charge in [-0.25, -0.2) is 12.8 Å². The molecule has 1 saturated heterocycles. The van der Waals surface area contributed by atoms with Gasteiger partial charge in [-0.15, -0.1) is 0 Å². The fourth-order valence-electron chi connectivity index (χ4n) is 5.20. The van der Waals surface area contributed by atoms with Crippen LogP contribution in [0.25, 0.3) is 0 Å². The molecular formula is C28H29F4N3O4S. The second-order valence-corrected chi connectivity index (χ2v) is 13.0. The zero-order chi connectivity index (χ0) is 29.1. The number of carbonyl (C=O) groups is 2. The number of amides is 2. The van der Waals surface area contributed by atoms with Crippen LogP contribution >= 0.6 is 0 Å². The minimum Gasteiger partial charge on any atom is -0.382 e. The summed E-state index contributed by atoms with van der Waals surface area (Å²) in [5.41, 5.74) is 0.256. The topological polar surface area (TPSA) is 95.6 Å². The Hall–Kier alpha value is -3.41. The molecule has 0 spiro atoms. The van der Waals surface area contributed by atoms with Crippen LogP contribution in [0.3, 0.4) is 0 Å². The highest BCUT2D eigenvalue weighted by molar-refractivity contribution is 7.90. The molecule has 2 aromatic carbocycles. The minimum atomic E-state index is -4.70. The summed E-state index contributed by atoms with van der Waals surface area (Å²) >= 11 is 0. The summed E-state index contributed by atoms with van der Waals surface area (Å²) < 4.78 is 78.5. The summed E-state index contributed by atoms with van der Waals surface area (Å²) in [6.45, 7) is 3.73. The summed E-state index contributed by atoms with van der Waals surface area (Å²) in [6.07, 6.45) is -0.213. The average molecular weight is 580 g/mol. The third-order valence-corrected chi connectivity index (χ3v) is 8.50. The number of halogens is 4. The number of alkyl halides is 3. The Balaban J connectivity index is 1.43. The monoisotopic (exact) mass is 579 g/mol. The van der Waals surface area contributed by atoms with Gasteiger partial charge in [-0.3, -0.25) is 9.59 Å². The maximum absolute atomic E-state index is 14.8. The molecule has 0 unspecified atom stereocenters. The Labute approximate surface area is 229 Å². The van der Waals surface area contributed by atoms with Gasteiger partial charge in [0.2, 0.25) is 5.91 Å². The van der Waals surface area contributed by atoms with Crippen LogP contribution < -0.4 is 10.6 Å². The van der Waals surface area contributed by atoms with Crippen molar-refractivity contribution in [1.29, 1.82) is 0 Å². The van der Waals surface area contributed by atoms with Gasteiger partial charge in [0.15, 0.2) is 9.84 Å². The van der Waals surface area contributed by atoms with Crippen molar-refractivity contribution < 1.29 is 35.6 Å². The van der Waals surface area contributed by atoms with Crippen molar-refractivity contribution in [1.82, 2.24) is 10.2 Å². The highest BCUT2D eigenvalue weighted by Crippen LogP contribution is 2.45. The van der Waals surface area contributed by atoms with Crippen molar-refractivity contribution >= 4 is 27.3 Å². The molecule has 0 aromatic heterocycles. The molecule has 7 nitrogen and oxygen atoms in total. The predicted molar refractivity (Wildman–Crippen MR) is 140 cm³/mol. The summed E-state index contributed by atoms with van der Waals surface area (Å²) in [5, 5.41) is 5.95. The van der Waals surface area contributed by atoms with Crippen LogP contribution in [0.4, 0.5) is 23.2 Å². The lowest BCUT2D eigenvalue weighted by atomic mass is 9.99. The van der Waals surface area contributed by atoms with Crippen LogP contribution in [-0.4, -0.2) is 49.5 Å². The third-order valence-electron chi connectivity index (χ3n) is 7.39. The van der Waals surface area contributed by atoms with E-state index in [0.717, 1.165) is 24.0 Å². The van der Waals surface area contributed by atoms with Crippen molar-refractivity contribution in [2.75, 3.05) is 11.6 Å². The highest BCUT2D eigenvalue weighted by Gasteiger charge is 2.50. The molecule has 3 aliphatic rings. The normalized spacial score (nSPS) is 21.1. The van der Waals surface area contributed by atoms with Gasteiger partial charge in [0.25, 0.3) is 5.91 Å². The SMILES string of the molecule is CC(C)Nc1ccc(S(C)(=O)=O)cc1C(=O)N1[C@@H]2C=C2C[C@@H]1C(=O)N[C@@H](c1ccc(C(F)(F)F)cc1F)C1CC1. The van der Waals surface area contributed by atoms with E-state index in [9.17, 15) is 35.6 Å². The molecule has 0 bridgehead atoms. The van der Waals surface area contributed by atoms with Gasteiger partial charge in [0.1, 0.15) is 11.9 Å². The molecule has 1 heterocycles. The number of nitrogens with zero attached hydrogens (tertiary/aromatic N) is 1. The molecule has 5 rings (SSSR count). The fraction of sp³-hybridized carbons (Fsp3) is 0.429. The van der Waals surface area contributed by atoms with E-state index < -0.39 is 51.3 Å². The molecule has 2 N–H and O–H groups in total. The Morgan fingerprint density at radius 1 is 1.07 bits per heavy atom. The van der Waals surface area contributed by atoms with Gasteiger partial charge < -0.3 is 15.5 Å². The number of likely N-dealkylation sites (tertiary alicyclic amines) is 1. The predicted octanol–water partition coefficient (Wildman–Crippen LogP) is 4.86. The van der Waals surface area contributed by atoms with E-state index in [1.807, 2.05) is 19.9 Å². The third kappa shape index (κ3) is 5.59. The molecule has 1 saturated carbocycles. The Morgan fingerprint density at radius 3 is 2.35 bits per heavy atom. The molecule has 12 heteroatoms. The first-order chi connectivity index (χ1) is 18.6. The first-order valence-electron chi connectivity index (χ1n) is 13.0. The Bertz CT molecular complexity index is 1520. The van der Waals surface area contributed by atoms with E-state index in [2.05, 4.69) is 10.6 Å². The molecular weight excluding hydrogens is 550 g/mol. The summed E-state index contributed by atoms with van der Waals surface area (Å²) in [4.78, 5) is 28.8. The number of carbonyl (C=O) groups excluding carboxylic acids is 2. The Morgan fingerprint density at radius 2 is 1.77 bits per heavy atom. The quantitative estimate of drug-likeness (QED) is 0.344. The zero-order valence-electron chi connectivity index (χ0n) is 22.0. The van der Waals surface area contributed by atoms with E-state index in [-0.39, 0.29) is 40.4 Å². The van der Waals surface area contributed by atoms with Gasteiger partial charge in [0, 0.05) is 30.0 Å². The number of hydrogen-bond donors (Lipinski definition) is 2. The summed E-state index contributed by atoms with van der Waals surface area (Å²) in [7, 11) is -3.62. The van der Waals surface area contributed by atoms with Crippen LogP contribution in [-0.2, 0) is 20.8 Å². The summed E-state index contributed by atoms with van der Waals surface area (Å²) in [6, 6.07) is 4.26. The van der Waals surface area contributed by atoms with Crippen LogP contribution in [0, 0.1) is 11.7 Å². The number of anilines is 1. The first-order valence-corrected chi connectivity index (χ1v) is 14.8. The van der Waals surface area contributed by atoms with E-state index in [0.29, 0.717) is 24.6 Å². The number of fused-ring (bicyclic) bond motifs is 1. The molecule has 3 atom stereocenters. The molecule has 1 aliphatic heterocycles. The van der Waals surface area contributed by atoms with Crippen LogP contribution in [0.1, 0.15) is 60.6 Å². The smallest absolute Gasteiger partial charge is 0.382 e. The van der Waals surface area contributed by atoms with E-state index >= 15 is 0 Å². The maximum Gasteiger partial charge on any atom is 0.416 e. The molecule has 0 radical (unpaired) electrons. The lowest BCUT2D eigenvalue weighted by molar-refractivity contribution is -0.137. The highest BCUT2D eigenvalue weighted by atomic mass is 32.2. The van der Waals surface area contributed by atoms with Crippen molar-refractivity contribution in [3.63, 3.8) is 0 Å². The van der Waals surface area contributed by atoms with Crippen LogP contribution in [0.5, 0.6) is 0 Å². The molecule has 2 aromatic rings. The van der Waals surface area contributed by atoms with Gasteiger partial charge in [-0.1, -0.05) is 12.1 Å². The lowest BCUT2D eigenvalue weighted by Crippen LogP contribution is -2.49. The second-order valence-electron chi connectivity index (χ2n) is 11.0. The summed E-state index contributed by atoms with van der Waals surface area (Å²) in [5.74, 6) is -2.27.